The van der Waals surface area contributed by atoms with Crippen LogP contribution in [0.15, 0.2) is 0 Å². The first-order valence-electron chi connectivity index (χ1n) is 5.26. The standard InChI is InChI=1S/C10H18N4/c1-4-8-5-6-11-9-7(2)13-14(3)10(9)12-8/h8,11-12H,4-6H2,1-3H3. The third-order valence-electron chi connectivity index (χ3n) is 2.85. The predicted molar refractivity (Wildman–Crippen MR) is 58.8 cm³/mol. The van der Waals surface area contributed by atoms with E-state index >= 15 is 0 Å². The molecule has 2 N–H and O–H groups in total. The Balaban J connectivity index is 2.34. The van der Waals surface area contributed by atoms with Crippen LogP contribution in [-0.4, -0.2) is 22.4 Å². The zero-order valence-electron chi connectivity index (χ0n) is 9.09. The maximum atomic E-state index is 4.39. The van der Waals surface area contributed by atoms with Crippen molar-refractivity contribution in [2.45, 2.75) is 32.7 Å². The molecule has 0 fully saturated rings. The molecule has 0 spiro atoms. The third kappa shape index (κ3) is 1.45. The van der Waals surface area contributed by atoms with Crippen molar-refractivity contribution in [3.63, 3.8) is 0 Å². The highest BCUT2D eigenvalue weighted by atomic mass is 15.3. The maximum Gasteiger partial charge on any atom is 0.148 e. The Morgan fingerprint density at radius 1 is 1.57 bits per heavy atom. The van der Waals surface area contributed by atoms with E-state index in [1.54, 1.807) is 0 Å². The highest BCUT2D eigenvalue weighted by Crippen LogP contribution is 2.28. The van der Waals surface area contributed by atoms with Crippen LogP contribution in [0.4, 0.5) is 11.5 Å². The molecule has 78 valence electrons. The second kappa shape index (κ2) is 3.52. The molecule has 1 aromatic rings. The van der Waals surface area contributed by atoms with Gasteiger partial charge in [-0.15, -0.1) is 0 Å². The van der Waals surface area contributed by atoms with Crippen LogP contribution in [-0.2, 0) is 7.05 Å². The number of rotatable bonds is 1. The molecule has 14 heavy (non-hydrogen) atoms. The van der Waals surface area contributed by atoms with Crippen molar-refractivity contribution in [3.8, 4) is 0 Å². The molecular weight excluding hydrogens is 176 g/mol. The van der Waals surface area contributed by atoms with Crippen LogP contribution in [0.25, 0.3) is 0 Å². The lowest BCUT2D eigenvalue weighted by Crippen LogP contribution is -2.20. The van der Waals surface area contributed by atoms with Crippen LogP contribution in [0.1, 0.15) is 25.5 Å². The topological polar surface area (TPSA) is 41.9 Å². The van der Waals surface area contributed by atoms with Crippen LogP contribution in [0, 0.1) is 6.92 Å². The van der Waals surface area contributed by atoms with Gasteiger partial charge < -0.3 is 10.6 Å². The number of aryl methyl sites for hydroxylation is 2. The molecule has 0 bridgehead atoms. The molecular formula is C10H18N4. The van der Waals surface area contributed by atoms with Crippen molar-refractivity contribution in [1.29, 1.82) is 0 Å². The summed E-state index contributed by atoms with van der Waals surface area (Å²) in [6, 6.07) is 0.568. The van der Waals surface area contributed by atoms with Gasteiger partial charge in [0.1, 0.15) is 11.5 Å². The van der Waals surface area contributed by atoms with Crippen LogP contribution in [0.3, 0.4) is 0 Å². The first-order valence-corrected chi connectivity index (χ1v) is 5.26. The number of hydrogen-bond donors (Lipinski definition) is 2. The summed E-state index contributed by atoms with van der Waals surface area (Å²) < 4.78 is 1.92. The Morgan fingerprint density at radius 3 is 3.07 bits per heavy atom. The summed E-state index contributed by atoms with van der Waals surface area (Å²) in [5, 5.41) is 11.4. The van der Waals surface area contributed by atoms with Gasteiger partial charge in [-0.05, 0) is 19.8 Å². The molecule has 0 amide bonds. The second-order valence-electron chi connectivity index (χ2n) is 3.90. The van der Waals surface area contributed by atoms with Gasteiger partial charge in [-0.3, -0.25) is 4.68 Å². The van der Waals surface area contributed by atoms with E-state index in [1.807, 2.05) is 18.7 Å². The highest BCUT2D eigenvalue weighted by Gasteiger charge is 2.19. The van der Waals surface area contributed by atoms with Crippen LogP contribution in [0.2, 0.25) is 0 Å². The van der Waals surface area contributed by atoms with E-state index in [0.29, 0.717) is 6.04 Å². The monoisotopic (exact) mass is 194 g/mol. The van der Waals surface area contributed by atoms with Gasteiger partial charge in [-0.1, -0.05) is 6.92 Å². The zero-order chi connectivity index (χ0) is 10.1. The van der Waals surface area contributed by atoms with Crippen molar-refractivity contribution >= 4 is 11.5 Å². The van der Waals surface area contributed by atoms with Gasteiger partial charge in [0.15, 0.2) is 0 Å². The van der Waals surface area contributed by atoms with Crippen LogP contribution in [0.5, 0.6) is 0 Å². The average Bonchev–Trinajstić information content (AvgIpc) is 2.41. The lowest BCUT2D eigenvalue weighted by molar-refractivity contribution is 0.645. The quantitative estimate of drug-likeness (QED) is 0.715. The number of nitrogens with zero attached hydrogens (tertiary/aromatic N) is 2. The Labute approximate surface area is 84.7 Å². The summed E-state index contributed by atoms with van der Waals surface area (Å²) in [6.07, 6.45) is 2.33. The molecule has 0 radical (unpaired) electrons. The van der Waals surface area contributed by atoms with Gasteiger partial charge in [-0.25, -0.2) is 0 Å². The molecule has 0 saturated heterocycles. The Hall–Kier alpha value is -1.19. The first kappa shape index (κ1) is 9.37. The van der Waals surface area contributed by atoms with Crippen molar-refractivity contribution in [1.82, 2.24) is 9.78 Å². The van der Waals surface area contributed by atoms with Crippen molar-refractivity contribution in [2.24, 2.45) is 7.05 Å². The number of fused-ring (bicyclic) bond motifs is 1. The molecule has 2 rings (SSSR count). The van der Waals surface area contributed by atoms with E-state index in [1.165, 1.54) is 12.1 Å². The molecule has 0 aliphatic carbocycles. The molecule has 4 heteroatoms. The highest BCUT2D eigenvalue weighted by molar-refractivity contribution is 5.68. The summed E-state index contributed by atoms with van der Waals surface area (Å²) in [5.41, 5.74) is 2.25. The van der Waals surface area contributed by atoms with Gasteiger partial charge in [0.05, 0.1) is 5.69 Å². The van der Waals surface area contributed by atoms with Crippen molar-refractivity contribution in [2.75, 3.05) is 17.2 Å². The molecule has 1 aliphatic heterocycles. The van der Waals surface area contributed by atoms with Crippen LogP contribution < -0.4 is 10.6 Å². The molecule has 1 atom stereocenters. The summed E-state index contributed by atoms with van der Waals surface area (Å²) in [4.78, 5) is 0. The minimum Gasteiger partial charge on any atom is -0.380 e. The van der Waals surface area contributed by atoms with Gasteiger partial charge in [0.2, 0.25) is 0 Å². The van der Waals surface area contributed by atoms with E-state index < -0.39 is 0 Å². The van der Waals surface area contributed by atoms with Gasteiger partial charge in [0, 0.05) is 19.6 Å². The summed E-state index contributed by atoms with van der Waals surface area (Å²) >= 11 is 0. The van der Waals surface area contributed by atoms with E-state index in [9.17, 15) is 0 Å². The van der Waals surface area contributed by atoms with E-state index in [2.05, 4.69) is 22.7 Å². The Morgan fingerprint density at radius 2 is 2.36 bits per heavy atom. The molecule has 2 heterocycles. The minimum absolute atomic E-state index is 0.568. The van der Waals surface area contributed by atoms with Crippen molar-refractivity contribution < 1.29 is 0 Å². The number of hydrogen-bond acceptors (Lipinski definition) is 3. The van der Waals surface area contributed by atoms with Gasteiger partial charge in [0.25, 0.3) is 0 Å². The van der Waals surface area contributed by atoms with E-state index in [0.717, 1.165) is 24.5 Å². The summed E-state index contributed by atoms with van der Waals surface area (Å²) in [5.74, 6) is 1.13. The SMILES string of the molecule is CCC1CCNc2c(C)nn(C)c2N1. The van der Waals surface area contributed by atoms with Gasteiger partial charge >= 0.3 is 0 Å². The zero-order valence-corrected chi connectivity index (χ0v) is 9.09. The van der Waals surface area contributed by atoms with Crippen LogP contribution >= 0.6 is 0 Å². The largest absolute Gasteiger partial charge is 0.380 e. The molecule has 0 saturated carbocycles. The average molecular weight is 194 g/mol. The fraction of sp³-hybridized carbons (Fsp3) is 0.700. The number of anilines is 2. The number of aromatic nitrogens is 2. The normalized spacial score (nSPS) is 20.6. The molecule has 1 unspecified atom stereocenters. The van der Waals surface area contributed by atoms with Gasteiger partial charge in [-0.2, -0.15) is 5.10 Å². The molecule has 0 aromatic carbocycles. The van der Waals surface area contributed by atoms with E-state index in [-0.39, 0.29) is 0 Å². The smallest absolute Gasteiger partial charge is 0.148 e. The Bertz CT molecular complexity index is 329. The fourth-order valence-electron chi connectivity index (χ4n) is 1.98. The lowest BCUT2D eigenvalue weighted by atomic mass is 10.1. The molecule has 4 nitrogen and oxygen atoms in total. The summed E-state index contributed by atoms with van der Waals surface area (Å²) in [6.45, 7) is 5.29. The second-order valence-corrected chi connectivity index (χ2v) is 3.90. The number of nitrogens with one attached hydrogen (secondary N) is 2. The minimum atomic E-state index is 0.568. The van der Waals surface area contributed by atoms with Crippen molar-refractivity contribution in [3.05, 3.63) is 5.69 Å². The third-order valence-corrected chi connectivity index (χ3v) is 2.85. The molecule has 1 aromatic heterocycles. The fourth-order valence-corrected chi connectivity index (χ4v) is 1.98. The van der Waals surface area contributed by atoms with E-state index in [4.69, 9.17) is 0 Å². The Kier molecular flexibility index (Phi) is 2.35. The predicted octanol–water partition coefficient (Wildman–Crippen LogP) is 1.73. The maximum absolute atomic E-state index is 4.39. The first-order chi connectivity index (χ1) is 6.72. The lowest BCUT2D eigenvalue weighted by Gasteiger charge is -2.14. The summed E-state index contributed by atoms with van der Waals surface area (Å²) in [7, 11) is 1.98. The molecule has 1 aliphatic rings.